The Kier molecular flexibility index (Phi) is 2.31. The lowest BCUT2D eigenvalue weighted by molar-refractivity contribution is 0.788. The Hall–Kier alpha value is -1.29. The molecule has 0 aliphatic carbocycles. The van der Waals surface area contributed by atoms with Crippen LogP contribution < -0.4 is 16.4 Å². The summed E-state index contributed by atoms with van der Waals surface area (Å²) in [6, 6.07) is 4.28. The van der Waals surface area contributed by atoms with Gasteiger partial charge in [0.25, 0.3) is 0 Å². The second-order valence-electron chi connectivity index (χ2n) is 3.31. The summed E-state index contributed by atoms with van der Waals surface area (Å²) in [6.45, 7) is 2.11. The predicted octanol–water partition coefficient (Wildman–Crippen LogP) is 0.438. The van der Waals surface area contributed by atoms with Crippen LogP contribution >= 0.6 is 0 Å². The van der Waals surface area contributed by atoms with Gasteiger partial charge in [-0.3, -0.25) is 0 Å². The van der Waals surface area contributed by atoms with Gasteiger partial charge in [0.2, 0.25) is 0 Å². The van der Waals surface area contributed by atoms with Crippen molar-refractivity contribution in [1.29, 1.82) is 0 Å². The molecule has 1 aliphatic heterocycles. The van der Waals surface area contributed by atoms with Crippen LogP contribution in [-0.2, 0) is 0 Å². The Morgan fingerprint density at radius 3 is 3.08 bits per heavy atom. The van der Waals surface area contributed by atoms with Crippen molar-refractivity contribution in [3.63, 3.8) is 0 Å². The van der Waals surface area contributed by atoms with Crippen molar-refractivity contribution in [1.82, 2.24) is 10.3 Å². The van der Waals surface area contributed by atoms with E-state index in [1.807, 2.05) is 12.1 Å². The highest BCUT2D eigenvalue weighted by Crippen LogP contribution is 2.09. The van der Waals surface area contributed by atoms with Crippen molar-refractivity contribution in [2.75, 3.05) is 24.1 Å². The number of nitrogens with two attached hydrogens (primary N) is 1. The zero-order valence-corrected chi connectivity index (χ0v) is 7.46. The van der Waals surface area contributed by atoms with Gasteiger partial charge in [0.1, 0.15) is 5.82 Å². The van der Waals surface area contributed by atoms with Gasteiger partial charge in [-0.15, -0.1) is 0 Å². The fraction of sp³-hybridized carbons (Fsp3) is 0.444. The summed E-state index contributed by atoms with van der Waals surface area (Å²) in [5, 5.41) is 6.63. The number of nitrogens with zero attached hydrogens (tertiary/aromatic N) is 1. The molecule has 2 rings (SSSR count). The van der Waals surface area contributed by atoms with Crippen LogP contribution in [0.3, 0.4) is 0 Å². The van der Waals surface area contributed by atoms with E-state index in [0.29, 0.717) is 11.7 Å². The topological polar surface area (TPSA) is 63.0 Å². The number of aromatic nitrogens is 1. The number of hydrogen-bond donors (Lipinski definition) is 3. The van der Waals surface area contributed by atoms with E-state index < -0.39 is 0 Å². The zero-order valence-electron chi connectivity index (χ0n) is 7.46. The van der Waals surface area contributed by atoms with Gasteiger partial charge in [-0.1, -0.05) is 0 Å². The van der Waals surface area contributed by atoms with E-state index in [1.54, 1.807) is 6.20 Å². The summed E-state index contributed by atoms with van der Waals surface area (Å²) in [5.41, 5.74) is 6.24. The fourth-order valence-corrected chi connectivity index (χ4v) is 1.48. The van der Waals surface area contributed by atoms with Crippen LogP contribution in [0.1, 0.15) is 6.42 Å². The van der Waals surface area contributed by atoms with Gasteiger partial charge in [-0.25, -0.2) is 4.98 Å². The molecule has 0 aromatic carbocycles. The first-order valence-corrected chi connectivity index (χ1v) is 4.53. The Balaban J connectivity index is 1.97. The maximum atomic E-state index is 5.53. The molecule has 4 nitrogen and oxygen atoms in total. The molecular formula is C9H14N4. The largest absolute Gasteiger partial charge is 0.397 e. The SMILES string of the molecule is Nc1ccc(NC2CCNC2)nc1. The molecule has 70 valence electrons. The second kappa shape index (κ2) is 3.62. The van der Waals surface area contributed by atoms with E-state index in [9.17, 15) is 0 Å². The van der Waals surface area contributed by atoms with Crippen molar-refractivity contribution in [3.8, 4) is 0 Å². The van der Waals surface area contributed by atoms with E-state index in [2.05, 4.69) is 15.6 Å². The molecule has 2 heterocycles. The summed E-state index contributed by atoms with van der Waals surface area (Å²) >= 11 is 0. The van der Waals surface area contributed by atoms with Crippen molar-refractivity contribution >= 4 is 11.5 Å². The molecule has 0 spiro atoms. The third-order valence-corrected chi connectivity index (χ3v) is 2.20. The zero-order chi connectivity index (χ0) is 9.10. The molecule has 4 N–H and O–H groups in total. The van der Waals surface area contributed by atoms with Gasteiger partial charge >= 0.3 is 0 Å². The number of nitrogens with one attached hydrogen (secondary N) is 2. The molecule has 0 bridgehead atoms. The normalized spacial score (nSPS) is 21.7. The van der Waals surface area contributed by atoms with E-state index >= 15 is 0 Å². The standard InChI is InChI=1S/C9H14N4/c10-7-1-2-9(12-5-7)13-8-3-4-11-6-8/h1-2,5,8,11H,3-4,6,10H2,(H,12,13). The average molecular weight is 178 g/mol. The second-order valence-corrected chi connectivity index (χ2v) is 3.31. The quantitative estimate of drug-likeness (QED) is 0.615. The van der Waals surface area contributed by atoms with E-state index in [-0.39, 0.29) is 0 Å². The van der Waals surface area contributed by atoms with Gasteiger partial charge < -0.3 is 16.4 Å². The number of anilines is 2. The molecule has 1 fully saturated rings. The molecule has 1 unspecified atom stereocenters. The Morgan fingerprint density at radius 2 is 2.46 bits per heavy atom. The van der Waals surface area contributed by atoms with Gasteiger partial charge in [-0.05, 0) is 25.1 Å². The van der Waals surface area contributed by atoms with Crippen LogP contribution in [0.5, 0.6) is 0 Å². The van der Waals surface area contributed by atoms with E-state index in [1.165, 1.54) is 0 Å². The Labute approximate surface area is 77.5 Å². The molecular weight excluding hydrogens is 164 g/mol. The fourth-order valence-electron chi connectivity index (χ4n) is 1.48. The number of pyridine rings is 1. The maximum absolute atomic E-state index is 5.53. The molecule has 0 saturated carbocycles. The molecule has 4 heteroatoms. The molecule has 1 atom stereocenters. The van der Waals surface area contributed by atoms with E-state index in [4.69, 9.17) is 5.73 Å². The third kappa shape index (κ3) is 2.09. The molecule has 1 aliphatic rings. The highest BCUT2D eigenvalue weighted by atomic mass is 15.1. The van der Waals surface area contributed by atoms with Crippen LogP contribution in [0, 0.1) is 0 Å². The summed E-state index contributed by atoms with van der Waals surface area (Å²) in [6.07, 6.45) is 2.83. The lowest BCUT2D eigenvalue weighted by Crippen LogP contribution is -2.22. The van der Waals surface area contributed by atoms with Crippen LogP contribution in [0.2, 0.25) is 0 Å². The summed E-state index contributed by atoms with van der Waals surface area (Å²) in [7, 11) is 0. The average Bonchev–Trinajstić information content (AvgIpc) is 2.62. The first-order chi connectivity index (χ1) is 6.34. The molecule has 1 aromatic rings. The highest BCUT2D eigenvalue weighted by molar-refractivity contribution is 5.44. The minimum Gasteiger partial charge on any atom is -0.397 e. The monoisotopic (exact) mass is 178 g/mol. The first-order valence-electron chi connectivity index (χ1n) is 4.53. The van der Waals surface area contributed by atoms with Gasteiger partial charge in [0.05, 0.1) is 11.9 Å². The molecule has 1 saturated heterocycles. The lowest BCUT2D eigenvalue weighted by atomic mass is 10.2. The summed E-state index contributed by atoms with van der Waals surface area (Å²) < 4.78 is 0. The molecule has 0 amide bonds. The Morgan fingerprint density at radius 1 is 1.54 bits per heavy atom. The molecule has 1 aromatic heterocycles. The first kappa shape index (κ1) is 8.31. The minimum atomic E-state index is 0.510. The maximum Gasteiger partial charge on any atom is 0.126 e. The van der Waals surface area contributed by atoms with Gasteiger partial charge in [0, 0.05) is 12.6 Å². The third-order valence-electron chi connectivity index (χ3n) is 2.20. The van der Waals surface area contributed by atoms with E-state index in [0.717, 1.165) is 25.3 Å². The van der Waals surface area contributed by atoms with Crippen molar-refractivity contribution in [3.05, 3.63) is 18.3 Å². The number of nitrogen functional groups attached to an aromatic ring is 1. The van der Waals surface area contributed by atoms with Crippen LogP contribution in [0.15, 0.2) is 18.3 Å². The van der Waals surface area contributed by atoms with Gasteiger partial charge in [0.15, 0.2) is 0 Å². The van der Waals surface area contributed by atoms with Crippen molar-refractivity contribution in [2.24, 2.45) is 0 Å². The lowest BCUT2D eigenvalue weighted by Gasteiger charge is -2.11. The summed E-state index contributed by atoms with van der Waals surface area (Å²) in [5.74, 6) is 0.905. The highest BCUT2D eigenvalue weighted by Gasteiger charge is 2.13. The van der Waals surface area contributed by atoms with Crippen molar-refractivity contribution < 1.29 is 0 Å². The van der Waals surface area contributed by atoms with Crippen LogP contribution in [-0.4, -0.2) is 24.1 Å². The number of hydrogen-bond acceptors (Lipinski definition) is 4. The van der Waals surface area contributed by atoms with Gasteiger partial charge in [-0.2, -0.15) is 0 Å². The summed E-state index contributed by atoms with van der Waals surface area (Å²) in [4.78, 5) is 4.18. The predicted molar refractivity (Wildman–Crippen MR) is 53.5 cm³/mol. The molecule has 0 radical (unpaired) electrons. The minimum absolute atomic E-state index is 0.510. The Bertz CT molecular complexity index is 263. The van der Waals surface area contributed by atoms with Crippen LogP contribution in [0.25, 0.3) is 0 Å². The van der Waals surface area contributed by atoms with Crippen molar-refractivity contribution in [2.45, 2.75) is 12.5 Å². The molecule has 13 heavy (non-hydrogen) atoms. The number of rotatable bonds is 2. The smallest absolute Gasteiger partial charge is 0.126 e. The van der Waals surface area contributed by atoms with Crippen LogP contribution in [0.4, 0.5) is 11.5 Å².